The second kappa shape index (κ2) is 12.1. The van der Waals surface area contributed by atoms with Gasteiger partial charge in [0, 0.05) is 44.0 Å². The molecule has 2 aromatic carbocycles. The Hall–Kier alpha value is -2.36. The second-order valence-corrected chi connectivity index (χ2v) is 14.2. The van der Waals surface area contributed by atoms with Crippen molar-refractivity contribution in [2.45, 2.75) is 75.0 Å². The summed E-state index contributed by atoms with van der Waals surface area (Å²) >= 11 is 12.2. The van der Waals surface area contributed by atoms with Crippen LogP contribution >= 0.6 is 23.2 Å². The minimum atomic E-state index is -3.91. The lowest BCUT2D eigenvalue weighted by atomic mass is 9.87. The van der Waals surface area contributed by atoms with Crippen LogP contribution in [0.4, 0.5) is 0 Å². The average molecular weight is 616 g/mol. The van der Waals surface area contributed by atoms with Crippen LogP contribution in [0.1, 0.15) is 60.5 Å². The first kappa shape index (κ1) is 28.7. The molecule has 2 aliphatic heterocycles. The summed E-state index contributed by atoms with van der Waals surface area (Å²) in [4.78, 5) is 16.0. The van der Waals surface area contributed by atoms with Gasteiger partial charge in [-0.05, 0) is 92.2 Å². The molecule has 1 aliphatic carbocycles. The Kier molecular flexibility index (Phi) is 8.48. The van der Waals surface area contributed by atoms with E-state index in [0.717, 1.165) is 31.5 Å². The molecule has 2 unspecified atom stereocenters. The third-order valence-electron chi connectivity index (χ3n) is 8.71. The molecule has 0 spiro atoms. The second-order valence-electron chi connectivity index (χ2n) is 11.5. The summed E-state index contributed by atoms with van der Waals surface area (Å²) in [5.74, 6) is -0.144. The van der Waals surface area contributed by atoms with E-state index in [1.807, 2.05) is 22.9 Å². The van der Waals surface area contributed by atoms with Crippen molar-refractivity contribution in [3.63, 3.8) is 0 Å². The van der Waals surface area contributed by atoms with Crippen LogP contribution in [0.15, 0.2) is 59.6 Å². The SMILES string of the molecule is O=C(CC1c2cccn2CCN1S(=O)(=O)c1ccc(Cl)c(Cl)c1)NC1CCc2cc(CN3CCCCC3)ccc2C1. The number of likely N-dealkylation sites (tertiary alicyclic amines) is 1. The molecule has 10 heteroatoms. The Morgan fingerprint density at radius 1 is 0.927 bits per heavy atom. The molecule has 41 heavy (non-hydrogen) atoms. The van der Waals surface area contributed by atoms with Gasteiger partial charge in [0.25, 0.3) is 0 Å². The van der Waals surface area contributed by atoms with Crippen molar-refractivity contribution in [2.24, 2.45) is 0 Å². The number of hydrogen-bond donors (Lipinski definition) is 1. The maximum absolute atomic E-state index is 13.7. The highest BCUT2D eigenvalue weighted by Gasteiger charge is 2.38. The number of benzene rings is 2. The van der Waals surface area contributed by atoms with Crippen LogP contribution in [-0.2, 0) is 40.7 Å². The number of nitrogens with zero attached hydrogens (tertiary/aromatic N) is 3. The van der Waals surface area contributed by atoms with E-state index in [0.29, 0.717) is 11.6 Å². The number of sulfonamides is 1. The van der Waals surface area contributed by atoms with Gasteiger partial charge in [-0.25, -0.2) is 8.42 Å². The zero-order valence-electron chi connectivity index (χ0n) is 23.1. The van der Waals surface area contributed by atoms with E-state index >= 15 is 0 Å². The van der Waals surface area contributed by atoms with E-state index in [9.17, 15) is 13.2 Å². The molecule has 1 aromatic heterocycles. The van der Waals surface area contributed by atoms with Crippen LogP contribution in [0.25, 0.3) is 0 Å². The van der Waals surface area contributed by atoms with Crippen molar-refractivity contribution >= 4 is 39.1 Å². The molecule has 3 aliphatic rings. The Morgan fingerprint density at radius 3 is 2.56 bits per heavy atom. The number of carbonyl (C=O) groups excluding carboxylic acids is 1. The van der Waals surface area contributed by atoms with Gasteiger partial charge >= 0.3 is 0 Å². The van der Waals surface area contributed by atoms with E-state index < -0.39 is 16.1 Å². The molecule has 0 bridgehead atoms. The predicted molar refractivity (Wildman–Crippen MR) is 162 cm³/mol. The van der Waals surface area contributed by atoms with Crippen molar-refractivity contribution in [1.82, 2.24) is 19.1 Å². The third-order valence-corrected chi connectivity index (χ3v) is 11.4. The number of piperidine rings is 1. The zero-order chi connectivity index (χ0) is 28.6. The van der Waals surface area contributed by atoms with Crippen LogP contribution in [0.2, 0.25) is 10.0 Å². The van der Waals surface area contributed by atoms with E-state index in [4.69, 9.17) is 23.2 Å². The molecule has 7 nitrogen and oxygen atoms in total. The molecule has 218 valence electrons. The standard InChI is InChI=1S/C31H36Cl2N4O3S/c32-27-11-10-26(19-28(27)33)41(39,40)37-16-15-36-14-4-5-29(36)30(37)20-31(38)34-25-9-8-23-17-22(6-7-24(23)18-25)21-35-12-2-1-3-13-35/h4-7,10-11,14,17,19,25,30H,1-3,8-9,12-13,15-16,18,20-21H2,(H,34,38). The minimum absolute atomic E-state index is 0.0263. The van der Waals surface area contributed by atoms with Gasteiger partial charge in [-0.1, -0.05) is 47.8 Å². The van der Waals surface area contributed by atoms with Gasteiger partial charge in [-0.2, -0.15) is 4.31 Å². The summed E-state index contributed by atoms with van der Waals surface area (Å²) in [5.41, 5.74) is 4.86. The number of amides is 1. The molecule has 1 saturated heterocycles. The van der Waals surface area contributed by atoms with Gasteiger partial charge in [0.2, 0.25) is 15.9 Å². The molecule has 3 aromatic rings. The average Bonchev–Trinajstić information content (AvgIpc) is 3.45. The van der Waals surface area contributed by atoms with E-state index in [2.05, 4.69) is 28.4 Å². The molecule has 1 N–H and O–H groups in total. The first-order valence-corrected chi connectivity index (χ1v) is 16.7. The zero-order valence-corrected chi connectivity index (χ0v) is 25.4. The highest BCUT2D eigenvalue weighted by Crippen LogP contribution is 2.35. The topological polar surface area (TPSA) is 74.6 Å². The van der Waals surface area contributed by atoms with E-state index in [1.54, 1.807) is 0 Å². The quantitative estimate of drug-likeness (QED) is 0.376. The van der Waals surface area contributed by atoms with Gasteiger partial charge in [0.1, 0.15) is 0 Å². The number of halogens is 2. The largest absolute Gasteiger partial charge is 0.353 e. The number of nitrogens with one attached hydrogen (secondary N) is 1. The molecule has 6 rings (SSSR count). The molecule has 0 radical (unpaired) electrons. The number of carbonyl (C=O) groups is 1. The number of fused-ring (bicyclic) bond motifs is 2. The van der Waals surface area contributed by atoms with Crippen molar-refractivity contribution < 1.29 is 13.2 Å². The molecular formula is C31H36Cl2N4O3S. The number of rotatable bonds is 7. The Morgan fingerprint density at radius 2 is 1.76 bits per heavy atom. The van der Waals surface area contributed by atoms with Crippen molar-refractivity contribution in [3.8, 4) is 0 Å². The summed E-state index contributed by atoms with van der Waals surface area (Å²) < 4.78 is 30.9. The van der Waals surface area contributed by atoms with Gasteiger partial charge in [0.05, 0.1) is 21.0 Å². The lowest BCUT2D eigenvalue weighted by Crippen LogP contribution is -2.45. The maximum atomic E-state index is 13.7. The molecule has 1 amide bonds. The molecule has 2 atom stereocenters. The highest BCUT2D eigenvalue weighted by atomic mass is 35.5. The summed E-state index contributed by atoms with van der Waals surface area (Å²) in [5, 5.41) is 3.69. The molecule has 1 fully saturated rings. The lowest BCUT2D eigenvalue weighted by Gasteiger charge is -2.36. The van der Waals surface area contributed by atoms with Crippen LogP contribution in [0.5, 0.6) is 0 Å². The van der Waals surface area contributed by atoms with Gasteiger partial charge in [-0.15, -0.1) is 0 Å². The molecule has 3 heterocycles. The van der Waals surface area contributed by atoms with Gasteiger partial charge in [-0.3, -0.25) is 9.69 Å². The maximum Gasteiger partial charge on any atom is 0.243 e. The number of aryl methyl sites for hydroxylation is 1. The van der Waals surface area contributed by atoms with Crippen LogP contribution < -0.4 is 5.32 Å². The Bertz CT molecular complexity index is 1530. The summed E-state index contributed by atoms with van der Waals surface area (Å²) in [7, 11) is -3.91. The van der Waals surface area contributed by atoms with Gasteiger partial charge < -0.3 is 9.88 Å². The number of aromatic nitrogens is 1. The van der Waals surface area contributed by atoms with Crippen LogP contribution in [0.3, 0.4) is 0 Å². The summed E-state index contributed by atoms with van der Waals surface area (Å²) in [6, 6.07) is 14.3. The normalized spacial score (nSPS) is 21.7. The highest BCUT2D eigenvalue weighted by molar-refractivity contribution is 7.89. The fraction of sp³-hybridized carbons (Fsp3) is 0.452. The first-order chi connectivity index (χ1) is 19.8. The van der Waals surface area contributed by atoms with E-state index in [1.165, 1.54) is 71.5 Å². The predicted octanol–water partition coefficient (Wildman–Crippen LogP) is 5.59. The van der Waals surface area contributed by atoms with Crippen LogP contribution in [-0.4, -0.2) is 53.8 Å². The fourth-order valence-corrected chi connectivity index (χ4v) is 8.56. The van der Waals surface area contributed by atoms with Crippen molar-refractivity contribution in [2.75, 3.05) is 19.6 Å². The number of hydrogen-bond acceptors (Lipinski definition) is 4. The van der Waals surface area contributed by atoms with Crippen LogP contribution in [0, 0.1) is 0 Å². The molecular weight excluding hydrogens is 579 g/mol. The fourth-order valence-electron chi connectivity index (χ4n) is 6.58. The summed E-state index contributed by atoms with van der Waals surface area (Å²) in [6.07, 6.45) is 8.49. The summed E-state index contributed by atoms with van der Waals surface area (Å²) in [6.45, 7) is 4.16. The van der Waals surface area contributed by atoms with Crippen molar-refractivity contribution in [1.29, 1.82) is 0 Å². The van der Waals surface area contributed by atoms with Crippen molar-refractivity contribution in [3.05, 3.63) is 87.2 Å². The smallest absolute Gasteiger partial charge is 0.243 e. The minimum Gasteiger partial charge on any atom is -0.353 e. The monoisotopic (exact) mass is 614 g/mol. The first-order valence-electron chi connectivity index (χ1n) is 14.5. The Balaban J connectivity index is 1.14. The Labute approximate surface area is 252 Å². The van der Waals surface area contributed by atoms with E-state index in [-0.39, 0.29) is 34.8 Å². The van der Waals surface area contributed by atoms with Gasteiger partial charge in [0.15, 0.2) is 0 Å². The lowest BCUT2D eigenvalue weighted by molar-refractivity contribution is -0.123. The third kappa shape index (κ3) is 6.22. The molecule has 0 saturated carbocycles.